The summed E-state index contributed by atoms with van der Waals surface area (Å²) in [5.41, 5.74) is 1.23. The Morgan fingerprint density at radius 2 is 1.88 bits per heavy atom. The molecule has 0 saturated carbocycles. The second kappa shape index (κ2) is 8.03. The first kappa shape index (κ1) is 17.3. The van der Waals surface area contributed by atoms with Crippen molar-refractivity contribution in [3.05, 3.63) is 53.1 Å². The van der Waals surface area contributed by atoms with Crippen molar-refractivity contribution in [1.29, 1.82) is 0 Å². The van der Waals surface area contributed by atoms with Crippen LogP contribution in [0.3, 0.4) is 0 Å². The summed E-state index contributed by atoms with van der Waals surface area (Å²) in [7, 11) is 0. The van der Waals surface area contributed by atoms with E-state index in [1.807, 2.05) is 30.0 Å². The molecule has 0 amide bonds. The van der Waals surface area contributed by atoms with Gasteiger partial charge in [0.1, 0.15) is 11.5 Å². The summed E-state index contributed by atoms with van der Waals surface area (Å²) in [6.07, 6.45) is 6.47. The standard InChI is InChI=1S/C21H24ClNOS/c22-16-10-11-18-17(15-16)20(9-6-14-23-12-4-1-5-13-23)25-21-8-3-2-7-19(21)24-18/h2-3,7-8,10-11,15,20H,1,4-6,9,12-14H2. The van der Waals surface area contributed by atoms with E-state index in [0.29, 0.717) is 5.25 Å². The van der Waals surface area contributed by atoms with Gasteiger partial charge in [0.05, 0.1) is 4.90 Å². The zero-order valence-electron chi connectivity index (χ0n) is 14.4. The highest BCUT2D eigenvalue weighted by atomic mass is 35.5. The fourth-order valence-corrected chi connectivity index (χ4v) is 5.19. The van der Waals surface area contributed by atoms with Crippen molar-refractivity contribution in [1.82, 2.24) is 4.90 Å². The van der Waals surface area contributed by atoms with Crippen molar-refractivity contribution in [2.45, 2.75) is 42.2 Å². The molecule has 0 radical (unpaired) electrons. The van der Waals surface area contributed by atoms with Crippen LogP contribution in [0.1, 0.15) is 42.9 Å². The van der Waals surface area contributed by atoms with E-state index in [0.717, 1.165) is 22.9 Å². The number of benzene rings is 2. The molecule has 2 heterocycles. The highest BCUT2D eigenvalue weighted by Gasteiger charge is 2.24. The molecule has 25 heavy (non-hydrogen) atoms. The third kappa shape index (κ3) is 4.16. The van der Waals surface area contributed by atoms with Crippen molar-refractivity contribution in [2.24, 2.45) is 0 Å². The third-order valence-electron chi connectivity index (χ3n) is 5.05. The molecule has 1 unspecified atom stereocenters. The number of nitrogens with zero attached hydrogens (tertiary/aromatic N) is 1. The first-order chi connectivity index (χ1) is 12.3. The van der Waals surface area contributed by atoms with Crippen LogP contribution in [-0.2, 0) is 0 Å². The number of hydrogen-bond donors (Lipinski definition) is 0. The third-order valence-corrected chi connectivity index (χ3v) is 6.65. The van der Waals surface area contributed by atoms with Crippen LogP contribution in [0.5, 0.6) is 11.5 Å². The van der Waals surface area contributed by atoms with Gasteiger partial charge in [-0.15, -0.1) is 11.8 Å². The molecule has 4 rings (SSSR count). The Morgan fingerprint density at radius 3 is 2.76 bits per heavy atom. The smallest absolute Gasteiger partial charge is 0.141 e. The Hall–Kier alpha value is -1.16. The molecular formula is C21H24ClNOS. The highest BCUT2D eigenvalue weighted by Crippen LogP contribution is 2.50. The first-order valence-electron chi connectivity index (χ1n) is 9.25. The molecule has 0 bridgehead atoms. The lowest BCUT2D eigenvalue weighted by molar-refractivity contribution is 0.224. The van der Waals surface area contributed by atoms with Gasteiger partial charge in [0.25, 0.3) is 0 Å². The number of thioether (sulfide) groups is 1. The summed E-state index contributed by atoms with van der Waals surface area (Å²) in [5.74, 6) is 1.90. The Balaban J connectivity index is 1.52. The minimum Gasteiger partial charge on any atom is -0.456 e. The molecule has 2 aromatic carbocycles. The number of likely N-dealkylation sites (tertiary alicyclic amines) is 1. The molecule has 0 aromatic heterocycles. The summed E-state index contributed by atoms with van der Waals surface area (Å²) in [4.78, 5) is 3.84. The van der Waals surface area contributed by atoms with Crippen molar-refractivity contribution >= 4 is 23.4 Å². The van der Waals surface area contributed by atoms with E-state index in [4.69, 9.17) is 16.3 Å². The summed E-state index contributed by atoms with van der Waals surface area (Å²) in [6, 6.07) is 14.3. The minimum atomic E-state index is 0.391. The normalized spacial score (nSPS) is 20.3. The molecule has 1 fully saturated rings. The van der Waals surface area contributed by atoms with Gasteiger partial charge in [-0.2, -0.15) is 0 Å². The SMILES string of the molecule is Clc1ccc2c(c1)C(CCCN1CCCCC1)Sc1ccccc1O2. The van der Waals surface area contributed by atoms with Gasteiger partial charge in [-0.3, -0.25) is 0 Å². The number of fused-ring (bicyclic) bond motifs is 2. The summed E-state index contributed by atoms with van der Waals surface area (Å²) < 4.78 is 6.19. The fraction of sp³-hybridized carbons (Fsp3) is 0.429. The van der Waals surface area contributed by atoms with Crippen molar-refractivity contribution in [3.8, 4) is 11.5 Å². The van der Waals surface area contributed by atoms with Crippen LogP contribution in [0.2, 0.25) is 5.02 Å². The average molecular weight is 374 g/mol. The predicted octanol–water partition coefficient (Wildman–Crippen LogP) is 6.55. The zero-order chi connectivity index (χ0) is 17.1. The molecule has 1 atom stereocenters. The second-order valence-electron chi connectivity index (χ2n) is 6.88. The Labute approximate surface area is 159 Å². The van der Waals surface area contributed by atoms with E-state index in [-0.39, 0.29) is 0 Å². The summed E-state index contributed by atoms with van der Waals surface area (Å²) >= 11 is 8.20. The van der Waals surface area contributed by atoms with Crippen LogP contribution >= 0.6 is 23.4 Å². The molecule has 2 nitrogen and oxygen atoms in total. The van der Waals surface area contributed by atoms with Gasteiger partial charge in [-0.05, 0) is 75.6 Å². The lowest BCUT2D eigenvalue weighted by atomic mass is 10.1. The van der Waals surface area contributed by atoms with Crippen LogP contribution in [0.15, 0.2) is 47.4 Å². The Morgan fingerprint density at radius 1 is 1.04 bits per heavy atom. The minimum absolute atomic E-state index is 0.391. The van der Waals surface area contributed by atoms with Gasteiger partial charge < -0.3 is 9.64 Å². The molecule has 0 aliphatic carbocycles. The van der Waals surface area contributed by atoms with E-state index in [1.54, 1.807) is 0 Å². The monoisotopic (exact) mass is 373 g/mol. The van der Waals surface area contributed by atoms with Crippen molar-refractivity contribution in [3.63, 3.8) is 0 Å². The maximum atomic E-state index is 6.29. The maximum absolute atomic E-state index is 6.29. The van der Waals surface area contributed by atoms with Gasteiger partial charge in [-0.25, -0.2) is 0 Å². The predicted molar refractivity (Wildman–Crippen MR) is 106 cm³/mol. The number of halogens is 1. The van der Waals surface area contributed by atoms with Gasteiger partial charge >= 0.3 is 0 Å². The van der Waals surface area contributed by atoms with Crippen LogP contribution in [-0.4, -0.2) is 24.5 Å². The Kier molecular flexibility index (Phi) is 5.54. The molecule has 2 aromatic rings. The van der Waals surface area contributed by atoms with E-state index in [1.165, 1.54) is 55.8 Å². The lowest BCUT2D eigenvalue weighted by Gasteiger charge is -2.27. The number of para-hydroxylation sites is 1. The number of ether oxygens (including phenoxy) is 1. The summed E-state index contributed by atoms with van der Waals surface area (Å²) in [6.45, 7) is 3.74. The number of hydrogen-bond acceptors (Lipinski definition) is 3. The Bertz CT molecular complexity index is 730. The van der Waals surface area contributed by atoms with Gasteiger partial charge in [0.15, 0.2) is 0 Å². The molecule has 0 spiro atoms. The number of piperidine rings is 1. The summed E-state index contributed by atoms with van der Waals surface area (Å²) in [5, 5.41) is 1.18. The van der Waals surface area contributed by atoms with E-state index >= 15 is 0 Å². The maximum Gasteiger partial charge on any atom is 0.141 e. The topological polar surface area (TPSA) is 12.5 Å². The molecule has 1 saturated heterocycles. The zero-order valence-corrected chi connectivity index (χ0v) is 16.0. The fourth-order valence-electron chi connectivity index (χ4n) is 3.73. The van der Waals surface area contributed by atoms with E-state index in [9.17, 15) is 0 Å². The van der Waals surface area contributed by atoms with Gasteiger partial charge in [0, 0.05) is 15.8 Å². The lowest BCUT2D eigenvalue weighted by Crippen LogP contribution is -2.30. The molecule has 4 heteroatoms. The molecule has 132 valence electrons. The second-order valence-corrected chi connectivity index (χ2v) is 8.56. The largest absolute Gasteiger partial charge is 0.456 e. The van der Waals surface area contributed by atoms with Crippen LogP contribution < -0.4 is 4.74 Å². The van der Waals surface area contributed by atoms with Gasteiger partial charge in [0.2, 0.25) is 0 Å². The van der Waals surface area contributed by atoms with Crippen LogP contribution in [0, 0.1) is 0 Å². The highest BCUT2D eigenvalue weighted by molar-refractivity contribution is 7.99. The molecular weight excluding hydrogens is 350 g/mol. The van der Waals surface area contributed by atoms with Crippen molar-refractivity contribution in [2.75, 3.05) is 19.6 Å². The molecule has 2 aliphatic heterocycles. The van der Waals surface area contributed by atoms with E-state index < -0.39 is 0 Å². The van der Waals surface area contributed by atoms with Crippen LogP contribution in [0.4, 0.5) is 0 Å². The van der Waals surface area contributed by atoms with Gasteiger partial charge in [-0.1, -0.05) is 30.2 Å². The molecule has 0 N–H and O–H groups in total. The van der Waals surface area contributed by atoms with Crippen molar-refractivity contribution < 1.29 is 4.74 Å². The first-order valence-corrected chi connectivity index (χ1v) is 10.5. The van der Waals surface area contributed by atoms with Crippen LogP contribution in [0.25, 0.3) is 0 Å². The molecule has 2 aliphatic rings. The quantitative estimate of drug-likeness (QED) is 0.603. The van der Waals surface area contributed by atoms with E-state index in [2.05, 4.69) is 29.2 Å². The average Bonchev–Trinajstić information content (AvgIpc) is 2.79. The number of rotatable bonds is 4.